The second-order valence-electron chi connectivity index (χ2n) is 4.81. The fourth-order valence-corrected chi connectivity index (χ4v) is 2.48. The summed E-state index contributed by atoms with van der Waals surface area (Å²) in [5.41, 5.74) is 2.63. The van der Waals surface area contributed by atoms with E-state index in [0.717, 1.165) is 24.8 Å². The van der Waals surface area contributed by atoms with Gasteiger partial charge in [0, 0.05) is 0 Å². The summed E-state index contributed by atoms with van der Waals surface area (Å²) in [6.07, 6.45) is -0.590. The van der Waals surface area contributed by atoms with E-state index in [-0.39, 0.29) is 0 Å². The first-order chi connectivity index (χ1) is 8.52. The predicted octanol–water partition coefficient (Wildman–Crippen LogP) is 3.78. The summed E-state index contributed by atoms with van der Waals surface area (Å²) in [5.74, 6) is 0. The van der Waals surface area contributed by atoms with Crippen LogP contribution in [0.4, 0.5) is 13.2 Å². The molecule has 1 unspecified atom stereocenters. The van der Waals surface area contributed by atoms with Crippen LogP contribution in [0.15, 0.2) is 18.2 Å². The molecule has 0 saturated heterocycles. The van der Waals surface area contributed by atoms with E-state index in [0.29, 0.717) is 18.5 Å². The van der Waals surface area contributed by atoms with E-state index in [1.807, 2.05) is 13.0 Å². The molecule has 0 amide bonds. The van der Waals surface area contributed by atoms with Gasteiger partial charge in [0.05, 0.1) is 0 Å². The van der Waals surface area contributed by atoms with Gasteiger partial charge >= 0.3 is 6.18 Å². The van der Waals surface area contributed by atoms with Crippen molar-refractivity contribution in [1.29, 1.82) is 0 Å². The zero-order chi connectivity index (χ0) is 13.2. The first kappa shape index (κ1) is 13.4. The zero-order valence-corrected chi connectivity index (χ0v) is 10.5. The minimum absolute atomic E-state index is 0.344. The van der Waals surface area contributed by atoms with Crippen LogP contribution in [0.3, 0.4) is 0 Å². The van der Waals surface area contributed by atoms with E-state index in [2.05, 4.69) is 5.32 Å². The largest absolute Gasteiger partial charge is 0.407 e. The van der Waals surface area contributed by atoms with Crippen LogP contribution >= 0.6 is 0 Å². The molecule has 2 rings (SSSR count). The molecule has 0 saturated carbocycles. The molecule has 4 heteroatoms. The van der Waals surface area contributed by atoms with Crippen molar-refractivity contribution in [2.45, 2.75) is 44.8 Å². The Morgan fingerprint density at radius 3 is 2.61 bits per heavy atom. The number of rotatable bonds is 4. The Bertz CT molecular complexity index is 412. The van der Waals surface area contributed by atoms with E-state index in [1.54, 1.807) is 12.1 Å². The van der Waals surface area contributed by atoms with E-state index in [4.69, 9.17) is 0 Å². The number of hydrogen-bond donors (Lipinski definition) is 1. The maximum absolute atomic E-state index is 13.0. The highest BCUT2D eigenvalue weighted by atomic mass is 19.4. The number of alkyl halides is 3. The standard InChI is InChI=1S/C14H18F3N/c1-2-8-18-13(14(15,16)17)12-7-6-10-4-3-5-11(10)9-12/h6-7,9,13,18H,2-5,8H2,1H3. The van der Waals surface area contributed by atoms with Gasteiger partial charge in [0.2, 0.25) is 0 Å². The minimum Gasteiger partial charge on any atom is -0.302 e. The molecule has 0 bridgehead atoms. The van der Waals surface area contributed by atoms with Crippen molar-refractivity contribution in [1.82, 2.24) is 5.32 Å². The Kier molecular flexibility index (Phi) is 3.95. The quantitative estimate of drug-likeness (QED) is 0.865. The van der Waals surface area contributed by atoms with Gasteiger partial charge in [-0.05, 0) is 48.9 Å². The van der Waals surface area contributed by atoms with Gasteiger partial charge in [0.25, 0.3) is 0 Å². The normalized spacial score (nSPS) is 16.7. The fourth-order valence-electron chi connectivity index (χ4n) is 2.48. The van der Waals surface area contributed by atoms with Crippen molar-refractivity contribution >= 4 is 0 Å². The van der Waals surface area contributed by atoms with Crippen LogP contribution in [-0.2, 0) is 12.8 Å². The summed E-state index contributed by atoms with van der Waals surface area (Å²) in [6, 6.07) is 3.65. The second-order valence-corrected chi connectivity index (χ2v) is 4.81. The van der Waals surface area contributed by atoms with Crippen LogP contribution in [0.1, 0.15) is 42.5 Å². The Morgan fingerprint density at radius 1 is 1.22 bits per heavy atom. The van der Waals surface area contributed by atoms with Crippen LogP contribution in [0.2, 0.25) is 0 Å². The lowest BCUT2D eigenvalue weighted by Crippen LogP contribution is -2.34. The molecule has 1 atom stereocenters. The number of hydrogen-bond acceptors (Lipinski definition) is 1. The molecule has 1 aromatic carbocycles. The average molecular weight is 257 g/mol. The van der Waals surface area contributed by atoms with E-state index < -0.39 is 12.2 Å². The molecular formula is C14H18F3N. The topological polar surface area (TPSA) is 12.0 Å². The third-order valence-corrected chi connectivity index (χ3v) is 3.38. The lowest BCUT2D eigenvalue weighted by Gasteiger charge is -2.22. The van der Waals surface area contributed by atoms with Gasteiger partial charge in [-0.3, -0.25) is 0 Å². The summed E-state index contributed by atoms with van der Waals surface area (Å²) in [6.45, 7) is 2.24. The van der Waals surface area contributed by atoms with Crippen LogP contribution in [0.25, 0.3) is 0 Å². The molecule has 1 N–H and O–H groups in total. The molecule has 100 valence electrons. The molecule has 0 radical (unpaired) electrons. The van der Waals surface area contributed by atoms with Gasteiger partial charge in [0.15, 0.2) is 0 Å². The van der Waals surface area contributed by atoms with E-state index in [9.17, 15) is 13.2 Å². The van der Waals surface area contributed by atoms with E-state index in [1.165, 1.54) is 5.56 Å². The molecule has 0 aliphatic heterocycles. The Hall–Kier alpha value is -1.03. The van der Waals surface area contributed by atoms with Crippen molar-refractivity contribution in [3.8, 4) is 0 Å². The van der Waals surface area contributed by atoms with Gasteiger partial charge in [0.1, 0.15) is 6.04 Å². The maximum atomic E-state index is 13.0. The summed E-state index contributed by atoms with van der Waals surface area (Å²) >= 11 is 0. The summed E-state index contributed by atoms with van der Waals surface area (Å²) < 4.78 is 39.1. The highest BCUT2D eigenvalue weighted by Crippen LogP contribution is 2.34. The van der Waals surface area contributed by atoms with Crippen LogP contribution in [0.5, 0.6) is 0 Å². The molecule has 1 aliphatic rings. The molecule has 0 fully saturated rings. The molecular weight excluding hydrogens is 239 g/mol. The SMILES string of the molecule is CCCNC(c1ccc2c(c1)CCC2)C(F)(F)F. The number of halogens is 3. The number of benzene rings is 1. The monoisotopic (exact) mass is 257 g/mol. The zero-order valence-electron chi connectivity index (χ0n) is 10.5. The molecule has 0 heterocycles. The van der Waals surface area contributed by atoms with Crippen LogP contribution in [0, 0.1) is 0 Å². The average Bonchev–Trinajstić information content (AvgIpc) is 2.75. The van der Waals surface area contributed by atoms with Gasteiger partial charge in [-0.2, -0.15) is 13.2 Å². The summed E-state index contributed by atoms with van der Waals surface area (Å²) in [5, 5.41) is 2.59. The van der Waals surface area contributed by atoms with Crippen molar-refractivity contribution in [2.75, 3.05) is 6.54 Å². The molecule has 18 heavy (non-hydrogen) atoms. The second kappa shape index (κ2) is 5.31. The molecule has 0 spiro atoms. The smallest absolute Gasteiger partial charge is 0.302 e. The third kappa shape index (κ3) is 2.86. The predicted molar refractivity (Wildman–Crippen MR) is 65.6 cm³/mol. The highest BCUT2D eigenvalue weighted by molar-refractivity contribution is 5.37. The van der Waals surface area contributed by atoms with Crippen molar-refractivity contribution in [3.05, 3.63) is 34.9 Å². The molecule has 0 aromatic heterocycles. The van der Waals surface area contributed by atoms with Crippen molar-refractivity contribution in [3.63, 3.8) is 0 Å². The summed E-state index contributed by atoms with van der Waals surface area (Å²) in [7, 11) is 0. The molecule has 1 nitrogen and oxygen atoms in total. The van der Waals surface area contributed by atoms with Gasteiger partial charge in [-0.25, -0.2) is 0 Å². The first-order valence-electron chi connectivity index (χ1n) is 6.44. The summed E-state index contributed by atoms with van der Waals surface area (Å²) in [4.78, 5) is 0. The van der Waals surface area contributed by atoms with Crippen LogP contribution < -0.4 is 5.32 Å². The molecule has 1 aromatic rings. The molecule has 1 aliphatic carbocycles. The van der Waals surface area contributed by atoms with E-state index >= 15 is 0 Å². The Balaban J connectivity index is 2.25. The lowest BCUT2D eigenvalue weighted by molar-refractivity contribution is -0.157. The number of fused-ring (bicyclic) bond motifs is 1. The van der Waals surface area contributed by atoms with Gasteiger partial charge in [-0.15, -0.1) is 0 Å². The van der Waals surface area contributed by atoms with Gasteiger partial charge in [-0.1, -0.05) is 25.1 Å². The first-order valence-corrected chi connectivity index (χ1v) is 6.44. The van der Waals surface area contributed by atoms with Crippen LogP contribution in [-0.4, -0.2) is 12.7 Å². The van der Waals surface area contributed by atoms with Crippen molar-refractivity contribution in [2.24, 2.45) is 0 Å². The Morgan fingerprint density at radius 2 is 1.94 bits per heavy atom. The van der Waals surface area contributed by atoms with Crippen molar-refractivity contribution < 1.29 is 13.2 Å². The lowest BCUT2D eigenvalue weighted by atomic mass is 10.0. The third-order valence-electron chi connectivity index (χ3n) is 3.38. The maximum Gasteiger partial charge on any atom is 0.407 e. The highest BCUT2D eigenvalue weighted by Gasteiger charge is 2.40. The minimum atomic E-state index is -4.23. The fraction of sp³-hybridized carbons (Fsp3) is 0.571. The number of aryl methyl sites for hydroxylation is 2. The number of nitrogens with one attached hydrogen (secondary N) is 1. The van der Waals surface area contributed by atoms with Gasteiger partial charge < -0.3 is 5.32 Å². The Labute approximate surface area is 105 Å².